The van der Waals surface area contributed by atoms with Crippen molar-refractivity contribution in [2.45, 2.75) is 40.2 Å². The summed E-state index contributed by atoms with van der Waals surface area (Å²) in [6.45, 7) is 8.58. The molecule has 0 spiro atoms. The van der Waals surface area contributed by atoms with Crippen LogP contribution in [0.1, 0.15) is 39.2 Å². The molecule has 0 aromatic heterocycles. The van der Waals surface area contributed by atoms with Gasteiger partial charge in [0.2, 0.25) is 0 Å². The second kappa shape index (κ2) is 8.09. The third-order valence-corrected chi connectivity index (χ3v) is 3.22. The summed E-state index contributed by atoms with van der Waals surface area (Å²) < 4.78 is 19.0. The largest absolute Gasteiger partial charge is 0.493 e. The van der Waals surface area contributed by atoms with Gasteiger partial charge in [-0.15, -0.1) is 0 Å². The molecule has 0 aliphatic heterocycles. The second-order valence-electron chi connectivity index (χ2n) is 4.53. The van der Waals surface area contributed by atoms with Gasteiger partial charge in [-0.25, -0.2) is 4.39 Å². The van der Waals surface area contributed by atoms with Crippen molar-refractivity contribution in [1.82, 2.24) is 5.32 Å². The summed E-state index contributed by atoms with van der Waals surface area (Å²) in [5.74, 6) is 1.16. The Morgan fingerprint density at radius 3 is 2.56 bits per heavy atom. The maximum Gasteiger partial charge on any atom is 0.123 e. The zero-order valence-corrected chi connectivity index (χ0v) is 11.6. The standard InChI is InChI=1S/C15H24FNO/c1-4-12(5-2)11-18-15-8-7-14(16)9-13(15)10-17-6-3/h7-9,12,17H,4-6,10-11H2,1-3H3. The summed E-state index contributed by atoms with van der Waals surface area (Å²) in [6.07, 6.45) is 2.22. The third-order valence-electron chi connectivity index (χ3n) is 3.22. The molecule has 2 nitrogen and oxygen atoms in total. The van der Waals surface area contributed by atoms with Crippen molar-refractivity contribution in [3.8, 4) is 5.75 Å². The van der Waals surface area contributed by atoms with E-state index in [0.717, 1.165) is 30.7 Å². The highest BCUT2D eigenvalue weighted by molar-refractivity contribution is 5.33. The van der Waals surface area contributed by atoms with E-state index in [1.165, 1.54) is 6.07 Å². The quantitative estimate of drug-likeness (QED) is 0.762. The lowest BCUT2D eigenvalue weighted by Crippen LogP contribution is -2.15. The van der Waals surface area contributed by atoms with Crippen LogP contribution in [0.5, 0.6) is 5.75 Å². The summed E-state index contributed by atoms with van der Waals surface area (Å²) in [5.41, 5.74) is 0.891. The van der Waals surface area contributed by atoms with Crippen LogP contribution in [0.15, 0.2) is 18.2 Å². The highest BCUT2D eigenvalue weighted by atomic mass is 19.1. The van der Waals surface area contributed by atoms with Crippen LogP contribution in [0, 0.1) is 11.7 Å². The van der Waals surface area contributed by atoms with Crippen molar-refractivity contribution in [3.63, 3.8) is 0 Å². The number of hydrogen-bond donors (Lipinski definition) is 1. The molecule has 1 aromatic carbocycles. The number of ether oxygens (including phenoxy) is 1. The lowest BCUT2D eigenvalue weighted by molar-refractivity contribution is 0.238. The van der Waals surface area contributed by atoms with Gasteiger partial charge in [-0.1, -0.05) is 33.6 Å². The fourth-order valence-corrected chi connectivity index (χ4v) is 1.82. The van der Waals surface area contributed by atoms with Crippen LogP contribution >= 0.6 is 0 Å². The molecule has 0 saturated carbocycles. The average Bonchev–Trinajstić information content (AvgIpc) is 2.39. The molecule has 3 heteroatoms. The number of rotatable bonds is 8. The van der Waals surface area contributed by atoms with Crippen molar-refractivity contribution in [2.75, 3.05) is 13.2 Å². The molecule has 0 aliphatic carbocycles. The molecule has 0 bridgehead atoms. The van der Waals surface area contributed by atoms with Crippen LogP contribution in [0.2, 0.25) is 0 Å². The van der Waals surface area contributed by atoms with Crippen LogP contribution in [0.3, 0.4) is 0 Å². The topological polar surface area (TPSA) is 21.3 Å². The van der Waals surface area contributed by atoms with Crippen molar-refractivity contribution in [2.24, 2.45) is 5.92 Å². The minimum atomic E-state index is -0.210. The van der Waals surface area contributed by atoms with E-state index in [1.54, 1.807) is 12.1 Å². The van der Waals surface area contributed by atoms with Crippen molar-refractivity contribution in [1.29, 1.82) is 0 Å². The van der Waals surface area contributed by atoms with Crippen LogP contribution in [0.25, 0.3) is 0 Å². The van der Waals surface area contributed by atoms with Gasteiger partial charge in [0, 0.05) is 12.1 Å². The van der Waals surface area contributed by atoms with Gasteiger partial charge in [-0.2, -0.15) is 0 Å². The van der Waals surface area contributed by atoms with Crippen LogP contribution in [-0.4, -0.2) is 13.2 Å². The minimum absolute atomic E-state index is 0.210. The first-order valence-electron chi connectivity index (χ1n) is 6.83. The summed E-state index contributed by atoms with van der Waals surface area (Å²) in [4.78, 5) is 0. The fourth-order valence-electron chi connectivity index (χ4n) is 1.82. The molecular weight excluding hydrogens is 229 g/mol. The molecule has 0 saturated heterocycles. The van der Waals surface area contributed by atoms with E-state index in [2.05, 4.69) is 19.2 Å². The SMILES string of the molecule is CCNCc1cc(F)ccc1OCC(CC)CC. The first-order valence-corrected chi connectivity index (χ1v) is 6.83. The fraction of sp³-hybridized carbons (Fsp3) is 0.600. The monoisotopic (exact) mass is 253 g/mol. The Balaban J connectivity index is 2.68. The molecule has 1 aromatic rings. The maximum atomic E-state index is 13.2. The Bertz CT molecular complexity index is 350. The number of halogens is 1. The number of benzene rings is 1. The van der Waals surface area contributed by atoms with Crippen molar-refractivity contribution >= 4 is 0 Å². The van der Waals surface area contributed by atoms with Crippen molar-refractivity contribution < 1.29 is 9.13 Å². The van der Waals surface area contributed by atoms with Gasteiger partial charge < -0.3 is 10.1 Å². The highest BCUT2D eigenvalue weighted by Gasteiger charge is 2.08. The first kappa shape index (κ1) is 15.0. The summed E-state index contributed by atoms with van der Waals surface area (Å²) in [5, 5.41) is 3.20. The van der Waals surface area contributed by atoms with Gasteiger partial charge in [0.25, 0.3) is 0 Å². The maximum absolute atomic E-state index is 13.2. The molecule has 0 fully saturated rings. The number of nitrogens with one attached hydrogen (secondary N) is 1. The lowest BCUT2D eigenvalue weighted by Gasteiger charge is -2.16. The smallest absolute Gasteiger partial charge is 0.123 e. The Hall–Kier alpha value is -1.09. The van der Waals surface area contributed by atoms with Crippen LogP contribution in [0.4, 0.5) is 4.39 Å². The van der Waals surface area contributed by atoms with Gasteiger partial charge in [0.15, 0.2) is 0 Å². The molecule has 18 heavy (non-hydrogen) atoms. The van der Waals surface area contributed by atoms with E-state index in [4.69, 9.17) is 4.74 Å². The lowest BCUT2D eigenvalue weighted by atomic mass is 10.1. The molecule has 0 aliphatic rings. The summed E-state index contributed by atoms with van der Waals surface area (Å²) >= 11 is 0. The van der Waals surface area contributed by atoms with Gasteiger partial charge in [0.1, 0.15) is 11.6 Å². The molecular formula is C15H24FNO. The van der Waals surface area contributed by atoms with Gasteiger partial charge in [0.05, 0.1) is 6.61 Å². The molecule has 1 rings (SSSR count). The average molecular weight is 253 g/mol. The predicted molar refractivity (Wildman–Crippen MR) is 73.3 cm³/mol. The highest BCUT2D eigenvalue weighted by Crippen LogP contribution is 2.21. The normalized spacial score (nSPS) is 10.9. The van der Waals surface area contributed by atoms with E-state index >= 15 is 0 Å². The number of hydrogen-bond acceptors (Lipinski definition) is 2. The Morgan fingerprint density at radius 1 is 1.22 bits per heavy atom. The van der Waals surface area contributed by atoms with E-state index in [0.29, 0.717) is 19.1 Å². The zero-order chi connectivity index (χ0) is 13.4. The van der Waals surface area contributed by atoms with E-state index in [1.807, 2.05) is 6.92 Å². The van der Waals surface area contributed by atoms with Gasteiger partial charge in [-0.3, -0.25) is 0 Å². The Morgan fingerprint density at radius 2 is 1.94 bits per heavy atom. The molecule has 0 radical (unpaired) electrons. The van der Waals surface area contributed by atoms with Crippen LogP contribution < -0.4 is 10.1 Å². The summed E-state index contributed by atoms with van der Waals surface area (Å²) in [7, 11) is 0. The molecule has 0 atom stereocenters. The van der Waals surface area contributed by atoms with Crippen LogP contribution in [-0.2, 0) is 6.54 Å². The zero-order valence-electron chi connectivity index (χ0n) is 11.6. The molecule has 0 heterocycles. The predicted octanol–water partition coefficient (Wildman–Crippen LogP) is 3.75. The Labute approximate surface area is 110 Å². The van der Waals surface area contributed by atoms with Gasteiger partial charge >= 0.3 is 0 Å². The molecule has 102 valence electrons. The van der Waals surface area contributed by atoms with E-state index in [9.17, 15) is 4.39 Å². The second-order valence-corrected chi connectivity index (χ2v) is 4.53. The minimum Gasteiger partial charge on any atom is -0.493 e. The molecule has 0 amide bonds. The van der Waals surface area contributed by atoms with Crippen molar-refractivity contribution in [3.05, 3.63) is 29.6 Å². The Kier molecular flexibility index (Phi) is 6.73. The molecule has 0 unspecified atom stereocenters. The summed E-state index contributed by atoms with van der Waals surface area (Å²) in [6, 6.07) is 4.73. The first-order chi connectivity index (χ1) is 8.71. The molecule has 1 N–H and O–H groups in total. The van der Waals surface area contributed by atoms with E-state index in [-0.39, 0.29) is 5.82 Å². The van der Waals surface area contributed by atoms with Gasteiger partial charge in [-0.05, 0) is 30.7 Å². The van der Waals surface area contributed by atoms with E-state index < -0.39 is 0 Å². The third kappa shape index (κ3) is 4.65.